The zero-order valence-corrected chi connectivity index (χ0v) is 20.8. The average molecular weight is 466 g/mol. The van der Waals surface area contributed by atoms with Crippen LogP contribution in [0.2, 0.25) is 0 Å². The molecule has 0 aromatic carbocycles. The molecule has 188 valence electrons. The minimum absolute atomic E-state index is 0.0589. The molecule has 0 saturated carbocycles. The Labute approximate surface area is 198 Å². The Morgan fingerprint density at radius 1 is 1.06 bits per heavy atom. The lowest BCUT2D eigenvalue weighted by atomic mass is 9.62. The molecular weight excluding hydrogens is 422 g/mol. The van der Waals surface area contributed by atoms with Gasteiger partial charge in [0.25, 0.3) is 0 Å². The molecule has 0 aromatic rings. The van der Waals surface area contributed by atoms with Crippen molar-refractivity contribution in [3.05, 3.63) is 0 Å². The van der Waals surface area contributed by atoms with Crippen LogP contribution in [0.5, 0.6) is 0 Å². The van der Waals surface area contributed by atoms with Gasteiger partial charge in [0.05, 0.1) is 17.4 Å². The van der Waals surface area contributed by atoms with Gasteiger partial charge in [-0.05, 0) is 51.4 Å². The highest BCUT2D eigenvalue weighted by Gasteiger charge is 2.79. The Kier molecular flexibility index (Phi) is 8.43. The number of ether oxygens (including phenoxy) is 1. The zero-order valence-electron chi connectivity index (χ0n) is 20.8. The molecule has 2 bridgehead atoms. The number of carbonyl (C=O) groups excluding carboxylic acids is 3. The minimum Gasteiger partial charge on any atom is -0.396 e. The van der Waals surface area contributed by atoms with E-state index in [4.69, 9.17) is 9.84 Å². The van der Waals surface area contributed by atoms with E-state index in [0.717, 1.165) is 32.1 Å². The number of fused-ring (bicyclic) bond motifs is 1. The maximum Gasteiger partial charge on any atom is 0.245 e. The van der Waals surface area contributed by atoms with Gasteiger partial charge in [0.2, 0.25) is 17.7 Å². The molecule has 3 aliphatic rings. The van der Waals surface area contributed by atoms with E-state index in [1.165, 1.54) is 0 Å². The van der Waals surface area contributed by atoms with Crippen LogP contribution in [0.25, 0.3) is 0 Å². The lowest BCUT2D eigenvalue weighted by Gasteiger charge is -2.36. The minimum atomic E-state index is -0.967. The number of hydrogen-bond acceptors (Lipinski definition) is 5. The second-order valence-electron chi connectivity index (χ2n) is 10.3. The van der Waals surface area contributed by atoms with Crippen molar-refractivity contribution in [1.29, 1.82) is 0 Å². The van der Waals surface area contributed by atoms with E-state index < -0.39 is 29.1 Å². The number of aliphatic hydroxyl groups excluding tert-OH is 1. The van der Waals surface area contributed by atoms with Gasteiger partial charge in [-0.2, -0.15) is 0 Å². The summed E-state index contributed by atoms with van der Waals surface area (Å²) in [6, 6.07) is -0.723. The lowest BCUT2D eigenvalue weighted by molar-refractivity contribution is -0.147. The molecule has 3 saturated heterocycles. The van der Waals surface area contributed by atoms with E-state index in [-0.39, 0.29) is 30.2 Å². The van der Waals surface area contributed by atoms with Gasteiger partial charge >= 0.3 is 0 Å². The maximum atomic E-state index is 13.8. The standard InChI is InChI=1S/C25H43N3O5/c1-5-7-9-13-27-22(31)20-25-16-17(3)24(4,33-25)18(21(30)26-12-6-2)19(25)23(32)28(20)14-10-8-11-15-29/h17-20,29H,5-16H2,1-4H3,(H,26,30)(H,27,31)/t17?,18-,19+,20?,24+,25?/m1/s1. The zero-order chi connectivity index (χ0) is 24.2. The maximum absolute atomic E-state index is 13.8. The van der Waals surface area contributed by atoms with Crippen LogP contribution in [0.3, 0.4) is 0 Å². The molecule has 0 aromatic heterocycles. The van der Waals surface area contributed by atoms with Crippen LogP contribution in [0, 0.1) is 17.8 Å². The number of unbranched alkanes of at least 4 members (excludes halogenated alkanes) is 4. The van der Waals surface area contributed by atoms with Crippen molar-refractivity contribution in [1.82, 2.24) is 15.5 Å². The highest BCUT2D eigenvalue weighted by atomic mass is 16.5. The summed E-state index contributed by atoms with van der Waals surface area (Å²) in [5.41, 5.74) is -1.73. The molecule has 3 N–H and O–H groups in total. The summed E-state index contributed by atoms with van der Waals surface area (Å²) in [6.45, 7) is 9.79. The van der Waals surface area contributed by atoms with Gasteiger partial charge in [0, 0.05) is 26.2 Å². The molecule has 3 fully saturated rings. The van der Waals surface area contributed by atoms with Crippen molar-refractivity contribution in [3.8, 4) is 0 Å². The summed E-state index contributed by atoms with van der Waals surface area (Å²) in [4.78, 5) is 42.3. The molecule has 3 unspecified atom stereocenters. The average Bonchev–Trinajstić information content (AvgIpc) is 3.29. The molecule has 8 heteroatoms. The van der Waals surface area contributed by atoms with Crippen molar-refractivity contribution >= 4 is 17.7 Å². The van der Waals surface area contributed by atoms with Crippen LogP contribution >= 0.6 is 0 Å². The summed E-state index contributed by atoms with van der Waals surface area (Å²) in [6.07, 6.45) is 6.55. The molecule has 3 aliphatic heterocycles. The molecule has 1 spiro atoms. The molecule has 0 radical (unpaired) electrons. The van der Waals surface area contributed by atoms with Crippen molar-refractivity contribution in [2.75, 3.05) is 26.2 Å². The summed E-state index contributed by atoms with van der Waals surface area (Å²) in [7, 11) is 0. The van der Waals surface area contributed by atoms with Crippen LogP contribution in [-0.4, -0.2) is 71.2 Å². The topological polar surface area (TPSA) is 108 Å². The van der Waals surface area contributed by atoms with Gasteiger partial charge in [0.1, 0.15) is 11.6 Å². The van der Waals surface area contributed by atoms with Gasteiger partial charge in [-0.3, -0.25) is 14.4 Å². The predicted molar refractivity (Wildman–Crippen MR) is 125 cm³/mol. The second-order valence-corrected chi connectivity index (χ2v) is 10.3. The van der Waals surface area contributed by atoms with Crippen molar-refractivity contribution < 1.29 is 24.2 Å². The van der Waals surface area contributed by atoms with Crippen molar-refractivity contribution in [2.45, 2.75) is 96.3 Å². The van der Waals surface area contributed by atoms with Crippen LogP contribution in [-0.2, 0) is 19.1 Å². The summed E-state index contributed by atoms with van der Waals surface area (Å²) < 4.78 is 6.66. The first-order valence-corrected chi connectivity index (χ1v) is 12.9. The number of rotatable bonds is 13. The molecule has 33 heavy (non-hydrogen) atoms. The number of amides is 3. The van der Waals surface area contributed by atoms with E-state index in [2.05, 4.69) is 24.5 Å². The fourth-order valence-electron chi connectivity index (χ4n) is 6.29. The monoisotopic (exact) mass is 465 g/mol. The highest BCUT2D eigenvalue weighted by Crippen LogP contribution is 2.65. The van der Waals surface area contributed by atoms with Gasteiger partial charge in [-0.1, -0.05) is 33.6 Å². The molecule has 3 heterocycles. The van der Waals surface area contributed by atoms with Crippen molar-refractivity contribution in [3.63, 3.8) is 0 Å². The normalized spacial score (nSPS) is 34.6. The van der Waals surface area contributed by atoms with Crippen LogP contribution in [0.4, 0.5) is 0 Å². The number of nitrogens with zero attached hydrogens (tertiary/aromatic N) is 1. The Morgan fingerprint density at radius 3 is 2.45 bits per heavy atom. The summed E-state index contributed by atoms with van der Waals surface area (Å²) in [5.74, 6) is -1.63. The van der Waals surface area contributed by atoms with Crippen LogP contribution < -0.4 is 10.6 Å². The molecule has 0 aliphatic carbocycles. The smallest absolute Gasteiger partial charge is 0.245 e. The van der Waals surface area contributed by atoms with Gasteiger partial charge < -0.3 is 25.4 Å². The number of carbonyl (C=O) groups is 3. The number of aliphatic hydroxyl groups is 1. The Balaban J connectivity index is 1.91. The van der Waals surface area contributed by atoms with Crippen LogP contribution in [0.15, 0.2) is 0 Å². The van der Waals surface area contributed by atoms with Gasteiger partial charge in [0.15, 0.2) is 0 Å². The Hall–Kier alpha value is -1.67. The van der Waals surface area contributed by atoms with E-state index in [1.54, 1.807) is 4.90 Å². The van der Waals surface area contributed by atoms with Crippen molar-refractivity contribution in [2.24, 2.45) is 17.8 Å². The number of nitrogens with one attached hydrogen (secondary N) is 2. The summed E-state index contributed by atoms with van der Waals surface area (Å²) >= 11 is 0. The molecular formula is C25H43N3O5. The highest BCUT2D eigenvalue weighted by molar-refractivity contribution is 5.99. The van der Waals surface area contributed by atoms with E-state index in [0.29, 0.717) is 38.9 Å². The first-order valence-electron chi connectivity index (χ1n) is 12.9. The van der Waals surface area contributed by atoms with Gasteiger partial charge in [-0.15, -0.1) is 0 Å². The predicted octanol–water partition coefficient (Wildman–Crippen LogP) is 1.99. The summed E-state index contributed by atoms with van der Waals surface area (Å²) in [5, 5.41) is 15.2. The van der Waals surface area contributed by atoms with E-state index >= 15 is 0 Å². The first-order chi connectivity index (χ1) is 15.8. The first kappa shape index (κ1) is 25.9. The fourth-order valence-corrected chi connectivity index (χ4v) is 6.29. The SMILES string of the molecule is CCCCCNC(=O)C1N(CCCCCO)C(=O)[C@@H]2[C@H](C(=O)NCCC)[C@@]3(C)OC12CC3C. The third kappa shape index (κ3) is 4.53. The van der Waals surface area contributed by atoms with E-state index in [1.807, 2.05) is 13.8 Å². The van der Waals surface area contributed by atoms with Crippen LogP contribution in [0.1, 0.15) is 79.1 Å². The largest absolute Gasteiger partial charge is 0.396 e. The quantitative estimate of drug-likeness (QED) is 0.361. The Bertz CT molecular complexity index is 731. The lowest BCUT2D eigenvalue weighted by Crippen LogP contribution is -2.56. The third-order valence-corrected chi connectivity index (χ3v) is 8.03. The van der Waals surface area contributed by atoms with Gasteiger partial charge in [-0.25, -0.2) is 0 Å². The molecule has 3 rings (SSSR count). The molecule has 3 amide bonds. The number of hydrogen-bond donors (Lipinski definition) is 3. The molecule has 8 nitrogen and oxygen atoms in total. The third-order valence-electron chi connectivity index (χ3n) is 8.03. The Morgan fingerprint density at radius 2 is 1.79 bits per heavy atom. The number of likely N-dealkylation sites (tertiary alicyclic amines) is 1. The second kappa shape index (κ2) is 10.7. The molecule has 6 atom stereocenters. The fraction of sp³-hybridized carbons (Fsp3) is 0.880. The van der Waals surface area contributed by atoms with E-state index in [9.17, 15) is 14.4 Å².